The van der Waals surface area contributed by atoms with Gasteiger partial charge in [-0.3, -0.25) is 9.59 Å². The maximum absolute atomic E-state index is 13.5. The molecular weight excluding hydrogens is 460 g/mol. The number of hydrogen-bond donors (Lipinski definition) is 1. The second-order valence-electron chi connectivity index (χ2n) is 10.5. The lowest BCUT2D eigenvalue weighted by Gasteiger charge is -2.33. The Balaban J connectivity index is 1.79. The van der Waals surface area contributed by atoms with Gasteiger partial charge in [-0.15, -0.1) is 0 Å². The second kappa shape index (κ2) is 12.4. The monoisotopic (exact) mass is 498 g/mol. The highest BCUT2D eigenvalue weighted by molar-refractivity contribution is 6.30. The molecule has 6 heteroatoms. The fourth-order valence-corrected chi connectivity index (χ4v) is 4.81. The highest BCUT2D eigenvalue weighted by atomic mass is 35.5. The lowest BCUT2D eigenvalue weighted by molar-refractivity contribution is -0.143. The number of carbonyl (C=O) groups is 2. The van der Waals surface area contributed by atoms with Crippen LogP contribution in [0.1, 0.15) is 77.3 Å². The van der Waals surface area contributed by atoms with Crippen LogP contribution in [-0.4, -0.2) is 35.4 Å². The zero-order valence-corrected chi connectivity index (χ0v) is 22.2. The molecular formula is C29H39ClN2O3. The number of rotatable bonds is 9. The maximum Gasteiger partial charge on any atom is 0.261 e. The molecule has 0 radical (unpaired) electrons. The van der Waals surface area contributed by atoms with E-state index in [9.17, 15) is 9.59 Å². The fraction of sp³-hybridized carbons (Fsp3) is 0.517. The van der Waals surface area contributed by atoms with Gasteiger partial charge < -0.3 is 15.0 Å². The van der Waals surface area contributed by atoms with Crippen molar-refractivity contribution in [3.63, 3.8) is 0 Å². The highest BCUT2D eigenvalue weighted by Crippen LogP contribution is 2.31. The summed E-state index contributed by atoms with van der Waals surface area (Å²) < 4.78 is 6.04. The average molecular weight is 499 g/mol. The molecule has 0 unspecified atom stereocenters. The third-order valence-electron chi connectivity index (χ3n) is 6.65. The number of nitrogens with one attached hydrogen (secondary N) is 1. The van der Waals surface area contributed by atoms with Crippen LogP contribution >= 0.6 is 11.6 Å². The molecule has 0 bridgehead atoms. The summed E-state index contributed by atoms with van der Waals surface area (Å²) in [5.41, 5.74) is 1.84. The summed E-state index contributed by atoms with van der Waals surface area (Å²) in [5.74, 6) is 0.394. The van der Waals surface area contributed by atoms with E-state index in [4.69, 9.17) is 16.3 Å². The smallest absolute Gasteiger partial charge is 0.261 e. The molecule has 2 aromatic carbocycles. The Morgan fingerprint density at radius 3 is 2.34 bits per heavy atom. The number of para-hydroxylation sites is 1. The Kier molecular flexibility index (Phi) is 9.62. The molecule has 0 spiro atoms. The zero-order chi connectivity index (χ0) is 25.4. The van der Waals surface area contributed by atoms with Crippen LogP contribution < -0.4 is 10.1 Å². The second-order valence-corrected chi connectivity index (χ2v) is 10.9. The molecule has 0 heterocycles. The molecule has 3 rings (SSSR count). The van der Waals surface area contributed by atoms with Crippen molar-refractivity contribution in [2.24, 2.45) is 0 Å². The first-order valence-electron chi connectivity index (χ1n) is 12.8. The van der Waals surface area contributed by atoms with Crippen molar-refractivity contribution < 1.29 is 14.3 Å². The number of benzene rings is 2. The van der Waals surface area contributed by atoms with Gasteiger partial charge in [-0.1, -0.05) is 88.9 Å². The Morgan fingerprint density at radius 2 is 1.71 bits per heavy atom. The quantitative estimate of drug-likeness (QED) is 0.443. The number of carbonyl (C=O) groups excluding carboxylic acids is 2. The van der Waals surface area contributed by atoms with E-state index in [2.05, 4.69) is 26.1 Å². The van der Waals surface area contributed by atoms with Gasteiger partial charge in [0.25, 0.3) is 5.91 Å². The van der Waals surface area contributed by atoms with Crippen LogP contribution in [0.25, 0.3) is 0 Å². The van der Waals surface area contributed by atoms with Crippen molar-refractivity contribution in [2.45, 2.75) is 90.3 Å². The summed E-state index contributed by atoms with van der Waals surface area (Å²) in [6.07, 6.45) is 6.01. The molecule has 35 heavy (non-hydrogen) atoms. The van der Waals surface area contributed by atoms with Gasteiger partial charge in [0.2, 0.25) is 5.91 Å². The minimum atomic E-state index is -0.568. The van der Waals surface area contributed by atoms with E-state index in [-0.39, 0.29) is 29.9 Å². The topological polar surface area (TPSA) is 58.6 Å². The minimum absolute atomic E-state index is 0.0863. The predicted molar refractivity (Wildman–Crippen MR) is 142 cm³/mol. The van der Waals surface area contributed by atoms with Crippen LogP contribution in [0.2, 0.25) is 5.02 Å². The normalized spacial score (nSPS) is 15.3. The molecule has 0 aromatic heterocycles. The van der Waals surface area contributed by atoms with E-state index in [0.717, 1.165) is 36.8 Å². The fourth-order valence-electron chi connectivity index (χ4n) is 4.68. The summed E-state index contributed by atoms with van der Waals surface area (Å²) >= 11 is 6.06. The van der Waals surface area contributed by atoms with Crippen LogP contribution in [0.3, 0.4) is 0 Å². The van der Waals surface area contributed by atoms with Gasteiger partial charge in [-0.25, -0.2) is 0 Å². The van der Waals surface area contributed by atoms with Gasteiger partial charge in [-0.05, 0) is 54.0 Å². The number of nitrogens with zero attached hydrogens (tertiary/aromatic N) is 1. The number of halogens is 1. The standard InChI is InChI=1S/C29H39ClN2O3/c1-5-25(28(34)31-23-11-7-6-8-12-23)32(19-21-15-17-22(30)18-16-21)27(33)20-35-26-14-10-9-13-24(26)29(2,3)4/h9-10,13-18,23,25H,5-8,11-12,19-20H2,1-4H3,(H,31,34)/t25-/m1/s1. The van der Waals surface area contributed by atoms with E-state index in [1.54, 1.807) is 17.0 Å². The summed E-state index contributed by atoms with van der Waals surface area (Å²) in [6.45, 7) is 8.49. The molecule has 0 aliphatic heterocycles. The van der Waals surface area contributed by atoms with Crippen LogP contribution in [0.5, 0.6) is 5.75 Å². The van der Waals surface area contributed by atoms with Crippen molar-refractivity contribution in [3.05, 3.63) is 64.7 Å². The number of hydrogen-bond acceptors (Lipinski definition) is 3. The third-order valence-corrected chi connectivity index (χ3v) is 6.90. The van der Waals surface area contributed by atoms with Crippen molar-refractivity contribution in [1.82, 2.24) is 10.2 Å². The van der Waals surface area contributed by atoms with Gasteiger partial charge in [-0.2, -0.15) is 0 Å². The molecule has 1 saturated carbocycles. The van der Waals surface area contributed by atoms with Gasteiger partial charge >= 0.3 is 0 Å². The number of ether oxygens (including phenoxy) is 1. The summed E-state index contributed by atoms with van der Waals surface area (Å²) in [5, 5.41) is 3.84. The van der Waals surface area contributed by atoms with Gasteiger partial charge in [0, 0.05) is 17.6 Å². The van der Waals surface area contributed by atoms with Crippen LogP contribution in [-0.2, 0) is 21.5 Å². The third kappa shape index (κ3) is 7.73. The minimum Gasteiger partial charge on any atom is -0.483 e. The molecule has 1 fully saturated rings. The SMILES string of the molecule is CC[C@H](C(=O)NC1CCCCC1)N(Cc1ccc(Cl)cc1)C(=O)COc1ccccc1C(C)(C)C. The first-order chi connectivity index (χ1) is 16.7. The molecule has 2 aromatic rings. The largest absolute Gasteiger partial charge is 0.483 e. The van der Waals surface area contributed by atoms with Crippen molar-refractivity contribution in [3.8, 4) is 5.75 Å². The summed E-state index contributed by atoms with van der Waals surface area (Å²) in [7, 11) is 0. The molecule has 5 nitrogen and oxygen atoms in total. The van der Waals surface area contributed by atoms with Gasteiger partial charge in [0.15, 0.2) is 6.61 Å². The molecule has 2 amide bonds. The first kappa shape index (κ1) is 27.1. The van der Waals surface area contributed by atoms with Gasteiger partial charge in [0.1, 0.15) is 11.8 Å². The van der Waals surface area contributed by atoms with E-state index in [1.807, 2.05) is 43.3 Å². The molecule has 1 aliphatic carbocycles. The van der Waals surface area contributed by atoms with Gasteiger partial charge in [0.05, 0.1) is 0 Å². The molecule has 190 valence electrons. The highest BCUT2D eigenvalue weighted by Gasteiger charge is 2.31. The molecule has 1 atom stereocenters. The zero-order valence-electron chi connectivity index (χ0n) is 21.5. The van der Waals surface area contributed by atoms with Crippen LogP contribution in [0.15, 0.2) is 48.5 Å². The Morgan fingerprint density at radius 1 is 1.06 bits per heavy atom. The lowest BCUT2D eigenvalue weighted by atomic mass is 9.86. The van der Waals surface area contributed by atoms with E-state index < -0.39 is 6.04 Å². The van der Waals surface area contributed by atoms with Crippen molar-refractivity contribution in [2.75, 3.05) is 6.61 Å². The summed E-state index contributed by atoms with van der Waals surface area (Å²) in [4.78, 5) is 28.5. The molecule has 0 saturated heterocycles. The van der Waals surface area contributed by atoms with Crippen LogP contribution in [0, 0.1) is 0 Å². The molecule has 1 N–H and O–H groups in total. The Labute approximate surface area is 215 Å². The average Bonchev–Trinajstić information content (AvgIpc) is 2.84. The predicted octanol–water partition coefficient (Wildman–Crippen LogP) is 6.27. The lowest BCUT2D eigenvalue weighted by Crippen LogP contribution is -2.52. The van der Waals surface area contributed by atoms with Crippen molar-refractivity contribution in [1.29, 1.82) is 0 Å². The Hall–Kier alpha value is -2.53. The summed E-state index contributed by atoms with van der Waals surface area (Å²) in [6, 6.07) is 14.8. The molecule has 1 aliphatic rings. The van der Waals surface area contributed by atoms with E-state index >= 15 is 0 Å². The number of amides is 2. The van der Waals surface area contributed by atoms with E-state index in [0.29, 0.717) is 23.7 Å². The Bertz CT molecular complexity index is 978. The van der Waals surface area contributed by atoms with Crippen molar-refractivity contribution >= 4 is 23.4 Å². The van der Waals surface area contributed by atoms with Crippen LogP contribution in [0.4, 0.5) is 0 Å². The first-order valence-corrected chi connectivity index (χ1v) is 13.1. The van der Waals surface area contributed by atoms with E-state index in [1.165, 1.54) is 6.42 Å². The maximum atomic E-state index is 13.5.